The van der Waals surface area contributed by atoms with E-state index in [-0.39, 0.29) is 10.6 Å². The van der Waals surface area contributed by atoms with Gasteiger partial charge in [0.1, 0.15) is 22.7 Å². The Balaban J connectivity index is 1.82. The van der Waals surface area contributed by atoms with Crippen LogP contribution in [0.25, 0.3) is 22.4 Å². The number of aryl methyl sites for hydroxylation is 3. The third kappa shape index (κ3) is 4.99. The third-order valence-electron chi connectivity index (χ3n) is 5.71. The van der Waals surface area contributed by atoms with Crippen LogP contribution in [0.4, 0.5) is 5.69 Å². The first-order valence-electron chi connectivity index (χ1n) is 11.3. The van der Waals surface area contributed by atoms with Crippen molar-refractivity contribution in [3.05, 3.63) is 72.2 Å². The molecule has 1 aromatic carbocycles. The van der Waals surface area contributed by atoms with Gasteiger partial charge in [0, 0.05) is 40.8 Å². The van der Waals surface area contributed by atoms with Crippen molar-refractivity contribution in [2.75, 3.05) is 18.9 Å². The van der Waals surface area contributed by atoms with E-state index in [4.69, 9.17) is 9.47 Å². The molecule has 0 bridgehead atoms. The van der Waals surface area contributed by atoms with E-state index in [1.54, 1.807) is 31.5 Å². The Kier molecular flexibility index (Phi) is 7.16. The molecule has 0 amide bonds. The van der Waals surface area contributed by atoms with Crippen molar-refractivity contribution in [1.29, 1.82) is 0 Å². The fourth-order valence-corrected chi connectivity index (χ4v) is 5.14. The highest BCUT2D eigenvalue weighted by Gasteiger charge is 2.23. The molecule has 0 saturated heterocycles. The van der Waals surface area contributed by atoms with Gasteiger partial charge in [0.25, 0.3) is 10.0 Å². The molecule has 36 heavy (non-hydrogen) atoms. The number of hydrogen-bond acceptors (Lipinski definition) is 8. The highest BCUT2D eigenvalue weighted by Crippen LogP contribution is 2.35. The van der Waals surface area contributed by atoms with E-state index in [9.17, 15) is 8.42 Å². The summed E-state index contributed by atoms with van der Waals surface area (Å²) in [6, 6.07) is 10.1. The standard InChI is InChI=1S/C26H27N5O4S/c1-6-21-25(26(30-15-29-21)18-9-10-27-16(2)11-18)19-12-22(17(3)28-14-19)31-36(32,33)24-8-7-20(34-4)13-23(24)35-5/h7-15,31H,6H2,1-5H3. The smallest absolute Gasteiger partial charge is 0.265 e. The van der Waals surface area contributed by atoms with Crippen LogP contribution in [0.1, 0.15) is 24.0 Å². The van der Waals surface area contributed by atoms with Crippen LogP contribution in [0.5, 0.6) is 11.5 Å². The number of pyridine rings is 2. The van der Waals surface area contributed by atoms with Gasteiger partial charge in [-0.1, -0.05) is 6.92 Å². The molecular formula is C26H27N5O4S. The highest BCUT2D eigenvalue weighted by atomic mass is 32.2. The van der Waals surface area contributed by atoms with Gasteiger partial charge in [0.05, 0.1) is 37.0 Å². The van der Waals surface area contributed by atoms with Gasteiger partial charge < -0.3 is 9.47 Å². The SMILES string of the molecule is CCc1ncnc(-c2ccnc(C)c2)c1-c1cnc(C)c(NS(=O)(=O)c2ccc(OC)cc2OC)c1. The molecule has 10 heteroatoms. The summed E-state index contributed by atoms with van der Waals surface area (Å²) in [6.07, 6.45) is 5.63. The largest absolute Gasteiger partial charge is 0.497 e. The van der Waals surface area contributed by atoms with Gasteiger partial charge in [-0.25, -0.2) is 18.4 Å². The van der Waals surface area contributed by atoms with Crippen LogP contribution in [0, 0.1) is 13.8 Å². The van der Waals surface area contributed by atoms with Crippen LogP contribution in [0.15, 0.2) is 60.0 Å². The molecule has 3 heterocycles. The molecule has 0 spiro atoms. The minimum absolute atomic E-state index is 0.0131. The molecule has 0 fully saturated rings. The Bertz CT molecular complexity index is 1520. The summed E-state index contributed by atoms with van der Waals surface area (Å²) in [5.41, 5.74) is 5.65. The summed E-state index contributed by atoms with van der Waals surface area (Å²) in [4.78, 5) is 17.8. The second-order valence-corrected chi connectivity index (χ2v) is 9.71. The predicted octanol–water partition coefficient (Wildman–Crippen LogP) is 4.60. The first-order chi connectivity index (χ1) is 17.3. The van der Waals surface area contributed by atoms with Crippen LogP contribution in [0.2, 0.25) is 0 Å². The van der Waals surface area contributed by atoms with E-state index < -0.39 is 10.0 Å². The van der Waals surface area contributed by atoms with E-state index in [2.05, 4.69) is 24.7 Å². The molecule has 9 nitrogen and oxygen atoms in total. The molecule has 0 aliphatic heterocycles. The molecule has 0 aliphatic carbocycles. The van der Waals surface area contributed by atoms with Crippen LogP contribution in [-0.4, -0.2) is 42.6 Å². The number of anilines is 1. The number of hydrogen-bond donors (Lipinski definition) is 1. The average molecular weight is 506 g/mol. The molecule has 0 aliphatic rings. The average Bonchev–Trinajstić information content (AvgIpc) is 2.89. The number of rotatable bonds is 8. The van der Waals surface area contributed by atoms with Crippen molar-refractivity contribution >= 4 is 15.7 Å². The fourth-order valence-electron chi connectivity index (χ4n) is 3.87. The van der Waals surface area contributed by atoms with Crippen LogP contribution in [-0.2, 0) is 16.4 Å². The van der Waals surface area contributed by atoms with E-state index >= 15 is 0 Å². The zero-order valence-electron chi connectivity index (χ0n) is 20.7. The zero-order valence-corrected chi connectivity index (χ0v) is 21.5. The summed E-state index contributed by atoms with van der Waals surface area (Å²) in [5.74, 6) is 0.657. The van der Waals surface area contributed by atoms with Crippen molar-refractivity contribution in [2.24, 2.45) is 0 Å². The maximum atomic E-state index is 13.3. The van der Waals surface area contributed by atoms with Crippen LogP contribution < -0.4 is 14.2 Å². The number of nitrogens with zero attached hydrogens (tertiary/aromatic N) is 4. The maximum Gasteiger partial charge on any atom is 0.265 e. The number of nitrogens with one attached hydrogen (secondary N) is 1. The topological polar surface area (TPSA) is 116 Å². The van der Waals surface area contributed by atoms with E-state index in [1.807, 2.05) is 26.0 Å². The Morgan fingerprint density at radius 2 is 1.72 bits per heavy atom. The molecule has 1 N–H and O–H groups in total. The third-order valence-corrected chi connectivity index (χ3v) is 7.12. The summed E-state index contributed by atoms with van der Waals surface area (Å²) < 4.78 is 39.8. The first kappa shape index (κ1) is 25.1. The molecule has 186 valence electrons. The van der Waals surface area contributed by atoms with Crippen molar-refractivity contribution in [3.8, 4) is 33.9 Å². The van der Waals surface area contributed by atoms with E-state index in [0.717, 1.165) is 28.2 Å². The summed E-state index contributed by atoms with van der Waals surface area (Å²) >= 11 is 0. The van der Waals surface area contributed by atoms with E-state index in [1.165, 1.54) is 32.7 Å². The molecule has 0 saturated carbocycles. The predicted molar refractivity (Wildman–Crippen MR) is 138 cm³/mol. The van der Waals surface area contributed by atoms with Gasteiger partial charge in [0.2, 0.25) is 0 Å². The molecule has 0 unspecified atom stereocenters. The molecule has 0 radical (unpaired) electrons. The quantitative estimate of drug-likeness (QED) is 0.369. The Hall–Kier alpha value is -4.05. The van der Waals surface area contributed by atoms with E-state index in [0.29, 0.717) is 29.1 Å². The number of methoxy groups -OCH3 is 2. The van der Waals surface area contributed by atoms with Gasteiger partial charge in [-0.05, 0) is 50.6 Å². The fraction of sp³-hybridized carbons (Fsp3) is 0.231. The number of aromatic nitrogens is 4. The lowest BCUT2D eigenvalue weighted by Crippen LogP contribution is -2.15. The lowest BCUT2D eigenvalue weighted by Gasteiger charge is -2.16. The first-order valence-corrected chi connectivity index (χ1v) is 12.7. The maximum absolute atomic E-state index is 13.3. The Morgan fingerprint density at radius 3 is 2.42 bits per heavy atom. The van der Waals surface area contributed by atoms with Crippen LogP contribution in [0.3, 0.4) is 0 Å². The van der Waals surface area contributed by atoms with Gasteiger partial charge in [-0.15, -0.1) is 0 Å². The normalized spacial score (nSPS) is 11.2. The molecule has 3 aromatic heterocycles. The summed E-state index contributed by atoms with van der Waals surface area (Å²) in [6.45, 7) is 5.66. The van der Waals surface area contributed by atoms with Crippen LogP contribution >= 0.6 is 0 Å². The van der Waals surface area contributed by atoms with Crippen molar-refractivity contribution < 1.29 is 17.9 Å². The molecule has 4 aromatic rings. The lowest BCUT2D eigenvalue weighted by molar-refractivity contribution is 0.386. The van der Waals surface area contributed by atoms with Gasteiger partial charge in [-0.2, -0.15) is 0 Å². The number of ether oxygens (including phenoxy) is 2. The van der Waals surface area contributed by atoms with Crippen molar-refractivity contribution in [3.63, 3.8) is 0 Å². The zero-order chi connectivity index (χ0) is 25.9. The van der Waals surface area contributed by atoms with Gasteiger partial charge in [0.15, 0.2) is 0 Å². The molecule has 4 rings (SSSR count). The lowest BCUT2D eigenvalue weighted by atomic mass is 9.97. The number of sulfonamides is 1. The molecular weight excluding hydrogens is 478 g/mol. The Labute approximate surface area is 210 Å². The van der Waals surface area contributed by atoms with Gasteiger partial charge in [-0.3, -0.25) is 14.7 Å². The van der Waals surface area contributed by atoms with Crippen molar-refractivity contribution in [2.45, 2.75) is 32.1 Å². The summed E-state index contributed by atoms with van der Waals surface area (Å²) in [5, 5.41) is 0. The monoisotopic (exact) mass is 505 g/mol. The van der Waals surface area contributed by atoms with Gasteiger partial charge >= 0.3 is 0 Å². The Morgan fingerprint density at radius 1 is 0.917 bits per heavy atom. The minimum Gasteiger partial charge on any atom is -0.497 e. The minimum atomic E-state index is -4.00. The second kappa shape index (κ2) is 10.3. The second-order valence-electron chi connectivity index (χ2n) is 8.06. The molecule has 0 atom stereocenters. The summed E-state index contributed by atoms with van der Waals surface area (Å²) in [7, 11) is -1.09. The van der Waals surface area contributed by atoms with Crippen molar-refractivity contribution in [1.82, 2.24) is 19.9 Å². The number of benzene rings is 1. The highest BCUT2D eigenvalue weighted by molar-refractivity contribution is 7.92.